The third kappa shape index (κ3) is 7.07. The average molecular weight is 252 g/mol. The zero-order chi connectivity index (χ0) is 11.7. The molecule has 1 N–H and O–H groups in total. The molecule has 16 heavy (non-hydrogen) atoms. The molecule has 0 atom stereocenters. The van der Waals surface area contributed by atoms with Crippen LogP contribution in [0.2, 0.25) is 0 Å². The van der Waals surface area contributed by atoms with Crippen LogP contribution in [0.15, 0.2) is 0 Å². The van der Waals surface area contributed by atoms with E-state index >= 15 is 0 Å². The number of halogens is 1. The molecule has 0 unspecified atom stereocenters. The molecular formula is C12H26ClNO2. The van der Waals surface area contributed by atoms with Crippen LogP contribution in [0.4, 0.5) is 0 Å². The Labute approximate surface area is 106 Å². The van der Waals surface area contributed by atoms with Gasteiger partial charge in [0.15, 0.2) is 0 Å². The van der Waals surface area contributed by atoms with Gasteiger partial charge >= 0.3 is 5.97 Å². The van der Waals surface area contributed by atoms with Crippen LogP contribution in [0, 0.1) is 0 Å². The maximum absolute atomic E-state index is 10.3. The Kier molecular flexibility index (Phi) is 11.2. The molecule has 0 radical (unpaired) electrons. The summed E-state index contributed by atoms with van der Waals surface area (Å²) >= 11 is 0. The largest absolute Gasteiger partial charge is 1.00 e. The predicted molar refractivity (Wildman–Crippen MR) is 62.9 cm³/mol. The van der Waals surface area contributed by atoms with E-state index in [9.17, 15) is 4.79 Å². The van der Waals surface area contributed by atoms with Gasteiger partial charge in [-0.05, 0) is 40.0 Å². The molecule has 0 bridgehead atoms. The monoisotopic (exact) mass is 251 g/mol. The number of unbranched alkanes of at least 4 members (excludes halogenated alkanes) is 2. The quantitative estimate of drug-likeness (QED) is 0.444. The zero-order valence-corrected chi connectivity index (χ0v) is 11.6. The topological polar surface area (TPSA) is 37.3 Å². The summed E-state index contributed by atoms with van der Waals surface area (Å²) in [6.45, 7) is 11.5. The summed E-state index contributed by atoms with van der Waals surface area (Å²) in [6.07, 6.45) is 3.35. The predicted octanol–water partition coefficient (Wildman–Crippen LogP) is -0.488. The highest BCUT2D eigenvalue weighted by molar-refractivity contribution is 5.66. The molecule has 0 aliphatic rings. The molecule has 0 saturated carbocycles. The lowest BCUT2D eigenvalue weighted by Crippen LogP contribution is -3.00. The summed E-state index contributed by atoms with van der Waals surface area (Å²) in [5.41, 5.74) is 0. The summed E-state index contributed by atoms with van der Waals surface area (Å²) in [5, 5.41) is 8.51. The summed E-state index contributed by atoms with van der Waals surface area (Å²) < 4.78 is 1.17. The first kappa shape index (κ1) is 18.1. The van der Waals surface area contributed by atoms with Crippen molar-refractivity contribution in [2.45, 2.75) is 46.5 Å². The fraction of sp³-hybridized carbons (Fsp3) is 0.917. The summed E-state index contributed by atoms with van der Waals surface area (Å²) in [7, 11) is 0. The molecule has 0 amide bonds. The minimum absolute atomic E-state index is 0. The molecule has 0 spiro atoms. The Morgan fingerprint density at radius 2 is 1.50 bits per heavy atom. The molecule has 0 heterocycles. The van der Waals surface area contributed by atoms with E-state index in [4.69, 9.17) is 5.11 Å². The van der Waals surface area contributed by atoms with Crippen molar-refractivity contribution in [1.29, 1.82) is 0 Å². The van der Waals surface area contributed by atoms with Crippen LogP contribution in [-0.4, -0.2) is 41.7 Å². The van der Waals surface area contributed by atoms with Crippen molar-refractivity contribution < 1.29 is 26.8 Å². The molecule has 4 heteroatoms. The van der Waals surface area contributed by atoms with Gasteiger partial charge < -0.3 is 22.0 Å². The van der Waals surface area contributed by atoms with E-state index in [2.05, 4.69) is 20.8 Å². The van der Waals surface area contributed by atoms with Gasteiger partial charge in [0.1, 0.15) is 0 Å². The lowest BCUT2D eigenvalue weighted by Gasteiger charge is -2.35. The van der Waals surface area contributed by atoms with E-state index in [-0.39, 0.29) is 12.4 Å². The number of quaternary nitrogens is 1. The number of hydrogen-bond acceptors (Lipinski definition) is 1. The van der Waals surface area contributed by atoms with Crippen LogP contribution < -0.4 is 12.4 Å². The molecule has 0 aliphatic heterocycles. The molecule has 0 aliphatic carbocycles. The zero-order valence-electron chi connectivity index (χ0n) is 10.8. The van der Waals surface area contributed by atoms with E-state index in [1.54, 1.807) is 0 Å². The Bertz CT molecular complexity index is 174. The third-order valence-corrected chi connectivity index (χ3v) is 3.54. The van der Waals surface area contributed by atoms with E-state index in [0.717, 1.165) is 19.3 Å². The molecule has 0 fully saturated rings. The van der Waals surface area contributed by atoms with Crippen molar-refractivity contribution in [3.8, 4) is 0 Å². The van der Waals surface area contributed by atoms with Crippen LogP contribution in [0.5, 0.6) is 0 Å². The van der Waals surface area contributed by atoms with Gasteiger partial charge in [-0.2, -0.15) is 0 Å². The average Bonchev–Trinajstić information content (AvgIpc) is 2.24. The Morgan fingerprint density at radius 1 is 1.00 bits per heavy atom. The van der Waals surface area contributed by atoms with E-state index in [0.29, 0.717) is 6.42 Å². The molecule has 0 aromatic rings. The SMILES string of the molecule is CC[N+](CC)(CC)CCCCCC(=O)O.[Cl-]. The minimum Gasteiger partial charge on any atom is -1.00 e. The van der Waals surface area contributed by atoms with Gasteiger partial charge in [0.05, 0.1) is 26.2 Å². The highest BCUT2D eigenvalue weighted by Crippen LogP contribution is 2.10. The van der Waals surface area contributed by atoms with Crippen LogP contribution >= 0.6 is 0 Å². The lowest BCUT2D eigenvalue weighted by molar-refractivity contribution is -0.923. The van der Waals surface area contributed by atoms with Gasteiger partial charge in [0.2, 0.25) is 0 Å². The fourth-order valence-corrected chi connectivity index (χ4v) is 2.05. The minimum atomic E-state index is -0.669. The highest BCUT2D eigenvalue weighted by atomic mass is 35.5. The second kappa shape index (κ2) is 9.91. The van der Waals surface area contributed by atoms with Crippen LogP contribution in [-0.2, 0) is 4.79 Å². The summed E-state index contributed by atoms with van der Waals surface area (Å²) in [6, 6.07) is 0. The van der Waals surface area contributed by atoms with Gasteiger partial charge in [-0.3, -0.25) is 4.79 Å². The Morgan fingerprint density at radius 3 is 1.88 bits per heavy atom. The Hall–Kier alpha value is -0.280. The maximum Gasteiger partial charge on any atom is 0.303 e. The summed E-state index contributed by atoms with van der Waals surface area (Å²) in [5.74, 6) is -0.669. The van der Waals surface area contributed by atoms with Gasteiger partial charge in [0.25, 0.3) is 0 Å². The van der Waals surface area contributed by atoms with Crippen LogP contribution in [0.25, 0.3) is 0 Å². The van der Waals surface area contributed by atoms with Crippen LogP contribution in [0.1, 0.15) is 46.5 Å². The smallest absolute Gasteiger partial charge is 0.303 e. The fourth-order valence-electron chi connectivity index (χ4n) is 2.05. The van der Waals surface area contributed by atoms with E-state index in [1.165, 1.54) is 30.7 Å². The van der Waals surface area contributed by atoms with Crippen molar-refractivity contribution >= 4 is 5.97 Å². The number of hydrogen-bond donors (Lipinski definition) is 1. The van der Waals surface area contributed by atoms with E-state index in [1.807, 2.05) is 0 Å². The first-order chi connectivity index (χ1) is 7.10. The van der Waals surface area contributed by atoms with Crippen molar-refractivity contribution in [2.24, 2.45) is 0 Å². The van der Waals surface area contributed by atoms with Gasteiger partial charge in [-0.1, -0.05) is 0 Å². The molecule has 0 saturated heterocycles. The molecule has 0 aromatic carbocycles. The van der Waals surface area contributed by atoms with Crippen molar-refractivity contribution in [1.82, 2.24) is 0 Å². The number of carboxylic acid groups (broad SMARTS) is 1. The number of nitrogens with zero attached hydrogens (tertiary/aromatic N) is 1. The number of carbonyl (C=O) groups is 1. The maximum atomic E-state index is 10.3. The van der Waals surface area contributed by atoms with Crippen molar-refractivity contribution in [2.75, 3.05) is 26.2 Å². The standard InChI is InChI=1S/C12H25NO2.ClH/c1-4-13(5-2,6-3)11-9-7-8-10-12(14)15;/h4-11H2,1-3H3;1H. The van der Waals surface area contributed by atoms with E-state index < -0.39 is 5.97 Å². The number of carboxylic acids is 1. The van der Waals surface area contributed by atoms with Gasteiger partial charge in [-0.15, -0.1) is 0 Å². The van der Waals surface area contributed by atoms with Crippen molar-refractivity contribution in [3.63, 3.8) is 0 Å². The molecule has 98 valence electrons. The highest BCUT2D eigenvalue weighted by Gasteiger charge is 2.19. The van der Waals surface area contributed by atoms with Gasteiger partial charge in [0, 0.05) is 6.42 Å². The molecule has 3 nitrogen and oxygen atoms in total. The Balaban J connectivity index is 0. The first-order valence-electron chi connectivity index (χ1n) is 6.17. The third-order valence-electron chi connectivity index (χ3n) is 3.54. The molecule has 0 rings (SSSR count). The summed E-state index contributed by atoms with van der Waals surface area (Å²) in [4.78, 5) is 10.3. The second-order valence-corrected chi connectivity index (χ2v) is 4.22. The van der Waals surface area contributed by atoms with Crippen molar-refractivity contribution in [3.05, 3.63) is 0 Å². The number of rotatable bonds is 9. The lowest BCUT2D eigenvalue weighted by atomic mass is 10.1. The van der Waals surface area contributed by atoms with Crippen LogP contribution in [0.3, 0.4) is 0 Å². The molecular weight excluding hydrogens is 226 g/mol. The normalized spacial score (nSPS) is 10.9. The number of aliphatic carboxylic acids is 1. The first-order valence-corrected chi connectivity index (χ1v) is 6.17. The second-order valence-electron chi connectivity index (χ2n) is 4.22. The van der Waals surface area contributed by atoms with Gasteiger partial charge in [-0.25, -0.2) is 0 Å². The molecule has 0 aromatic heterocycles.